The molecule has 0 aliphatic carbocycles. The van der Waals surface area contributed by atoms with Crippen LogP contribution in [0.5, 0.6) is 0 Å². The van der Waals surface area contributed by atoms with E-state index in [1.807, 2.05) is 23.9 Å². The van der Waals surface area contributed by atoms with Gasteiger partial charge in [0.2, 0.25) is 0 Å². The maximum atomic E-state index is 11.2. The van der Waals surface area contributed by atoms with Gasteiger partial charge in [-0.05, 0) is 25.1 Å². The maximum Gasteiger partial charge on any atom is 0.172 e. The van der Waals surface area contributed by atoms with Crippen LogP contribution >= 0.6 is 23.4 Å². The van der Waals surface area contributed by atoms with Crippen LogP contribution in [0.25, 0.3) is 0 Å². The van der Waals surface area contributed by atoms with Gasteiger partial charge in [-0.25, -0.2) is 4.98 Å². The quantitative estimate of drug-likeness (QED) is 0.799. The van der Waals surface area contributed by atoms with Crippen molar-refractivity contribution in [2.24, 2.45) is 7.05 Å². The summed E-state index contributed by atoms with van der Waals surface area (Å²) in [7, 11) is 1.93. The van der Waals surface area contributed by atoms with Crippen molar-refractivity contribution in [3.8, 4) is 0 Å². The first kappa shape index (κ1) is 12.2. The molecule has 17 heavy (non-hydrogen) atoms. The second-order valence-electron chi connectivity index (χ2n) is 3.62. The monoisotopic (exact) mass is 266 g/mol. The van der Waals surface area contributed by atoms with Gasteiger partial charge in [0.15, 0.2) is 10.9 Å². The molecule has 1 aromatic carbocycles. The Morgan fingerprint density at radius 3 is 2.76 bits per heavy atom. The van der Waals surface area contributed by atoms with Crippen LogP contribution in [0.4, 0.5) is 0 Å². The molecule has 0 bridgehead atoms. The molecule has 2 rings (SSSR count). The van der Waals surface area contributed by atoms with Gasteiger partial charge in [-0.2, -0.15) is 0 Å². The van der Waals surface area contributed by atoms with Crippen molar-refractivity contribution in [3.05, 3.63) is 41.2 Å². The Bertz CT molecular complexity index is 565. The van der Waals surface area contributed by atoms with Crippen molar-refractivity contribution >= 4 is 29.1 Å². The van der Waals surface area contributed by atoms with E-state index < -0.39 is 0 Å². The molecule has 5 heteroatoms. The molecule has 3 nitrogen and oxygen atoms in total. The number of benzene rings is 1. The summed E-state index contributed by atoms with van der Waals surface area (Å²) in [5, 5.41) is 1.37. The van der Waals surface area contributed by atoms with Gasteiger partial charge in [0, 0.05) is 29.9 Å². The number of halogens is 1. The van der Waals surface area contributed by atoms with Crippen molar-refractivity contribution in [1.29, 1.82) is 0 Å². The molecule has 0 fully saturated rings. The van der Waals surface area contributed by atoms with Crippen LogP contribution in [0, 0.1) is 0 Å². The van der Waals surface area contributed by atoms with Gasteiger partial charge in [-0.3, -0.25) is 4.79 Å². The Morgan fingerprint density at radius 1 is 1.47 bits per heavy atom. The summed E-state index contributed by atoms with van der Waals surface area (Å²) in [5.74, 6) is -0.0245. The van der Waals surface area contributed by atoms with Gasteiger partial charge in [0.1, 0.15) is 0 Å². The molecule has 1 aromatic heterocycles. The number of Topliss-reactive ketones (excluding diaryl/α,β-unsaturated/α-hetero) is 1. The average molecular weight is 267 g/mol. The van der Waals surface area contributed by atoms with Crippen LogP contribution in [0.15, 0.2) is 40.6 Å². The Hall–Kier alpha value is -1.26. The zero-order chi connectivity index (χ0) is 12.4. The third-order valence-electron chi connectivity index (χ3n) is 2.31. The fourth-order valence-electron chi connectivity index (χ4n) is 1.40. The molecule has 1 heterocycles. The lowest BCUT2D eigenvalue weighted by atomic mass is 10.1. The van der Waals surface area contributed by atoms with E-state index in [4.69, 9.17) is 11.6 Å². The molecular formula is C12H11ClN2OS. The van der Waals surface area contributed by atoms with Crippen molar-refractivity contribution in [2.75, 3.05) is 0 Å². The van der Waals surface area contributed by atoms with E-state index >= 15 is 0 Å². The first-order valence-corrected chi connectivity index (χ1v) is 6.23. The predicted octanol–water partition coefficient (Wildman–Crippen LogP) is 3.43. The smallest absolute Gasteiger partial charge is 0.172 e. The number of imidazole rings is 1. The first-order valence-electron chi connectivity index (χ1n) is 5.03. The third-order valence-corrected chi connectivity index (χ3v) is 3.68. The molecule has 0 atom stereocenters. The van der Waals surface area contributed by atoms with Crippen LogP contribution in [0.1, 0.15) is 17.3 Å². The molecule has 0 radical (unpaired) electrons. The molecule has 0 amide bonds. The summed E-state index contributed by atoms with van der Waals surface area (Å²) >= 11 is 7.55. The number of carbonyl (C=O) groups is 1. The number of ketones is 1. The molecule has 0 aliphatic rings. The minimum atomic E-state index is -0.0245. The van der Waals surface area contributed by atoms with Crippen LogP contribution in [0.2, 0.25) is 5.02 Å². The Balaban J connectivity index is 2.27. The Morgan fingerprint density at radius 2 is 2.24 bits per heavy atom. The number of hydrogen-bond donors (Lipinski definition) is 0. The summed E-state index contributed by atoms with van der Waals surface area (Å²) in [6.45, 7) is 1.51. The molecule has 0 saturated heterocycles. The molecule has 0 spiro atoms. The van der Waals surface area contributed by atoms with E-state index in [2.05, 4.69) is 4.98 Å². The number of aryl methyl sites for hydroxylation is 1. The van der Waals surface area contributed by atoms with E-state index in [9.17, 15) is 4.79 Å². The largest absolute Gasteiger partial charge is 0.329 e. The van der Waals surface area contributed by atoms with Crippen molar-refractivity contribution in [3.63, 3.8) is 0 Å². The second kappa shape index (κ2) is 4.94. The van der Waals surface area contributed by atoms with Crippen molar-refractivity contribution in [2.45, 2.75) is 17.0 Å². The van der Waals surface area contributed by atoms with Gasteiger partial charge < -0.3 is 4.57 Å². The SMILES string of the molecule is CC(=O)c1ccc(Sc2nccn2C)cc1Cl. The minimum absolute atomic E-state index is 0.0245. The van der Waals surface area contributed by atoms with E-state index in [1.54, 1.807) is 18.3 Å². The fourth-order valence-corrected chi connectivity index (χ4v) is 2.62. The summed E-state index contributed by atoms with van der Waals surface area (Å²) in [4.78, 5) is 16.4. The normalized spacial score (nSPS) is 10.5. The molecule has 0 aliphatic heterocycles. The number of hydrogen-bond acceptors (Lipinski definition) is 3. The van der Waals surface area contributed by atoms with Crippen LogP contribution in [0.3, 0.4) is 0 Å². The highest BCUT2D eigenvalue weighted by atomic mass is 35.5. The Labute approximate surface area is 109 Å². The maximum absolute atomic E-state index is 11.2. The van der Waals surface area contributed by atoms with E-state index in [1.165, 1.54) is 18.7 Å². The summed E-state index contributed by atoms with van der Waals surface area (Å²) in [6, 6.07) is 5.41. The summed E-state index contributed by atoms with van der Waals surface area (Å²) in [5.41, 5.74) is 0.552. The van der Waals surface area contributed by atoms with Crippen LogP contribution in [-0.2, 0) is 7.05 Å². The van der Waals surface area contributed by atoms with E-state index in [0.717, 1.165) is 10.1 Å². The first-order chi connectivity index (χ1) is 8.08. The number of nitrogens with zero attached hydrogens (tertiary/aromatic N) is 2. The zero-order valence-electron chi connectivity index (χ0n) is 9.48. The molecule has 88 valence electrons. The lowest BCUT2D eigenvalue weighted by Gasteiger charge is -2.04. The van der Waals surface area contributed by atoms with E-state index in [0.29, 0.717) is 10.6 Å². The molecule has 0 N–H and O–H groups in total. The Kier molecular flexibility index (Phi) is 3.54. The third kappa shape index (κ3) is 2.70. The predicted molar refractivity (Wildman–Crippen MR) is 68.8 cm³/mol. The highest BCUT2D eigenvalue weighted by Gasteiger charge is 2.08. The number of rotatable bonds is 3. The molecule has 2 aromatic rings. The lowest BCUT2D eigenvalue weighted by molar-refractivity contribution is 0.101. The van der Waals surface area contributed by atoms with Gasteiger partial charge in [-0.1, -0.05) is 23.4 Å². The lowest BCUT2D eigenvalue weighted by Crippen LogP contribution is -1.93. The zero-order valence-corrected chi connectivity index (χ0v) is 11.0. The highest BCUT2D eigenvalue weighted by molar-refractivity contribution is 7.99. The highest BCUT2D eigenvalue weighted by Crippen LogP contribution is 2.29. The van der Waals surface area contributed by atoms with Crippen molar-refractivity contribution < 1.29 is 4.79 Å². The topological polar surface area (TPSA) is 34.9 Å². The summed E-state index contributed by atoms with van der Waals surface area (Å²) < 4.78 is 1.93. The number of carbonyl (C=O) groups excluding carboxylic acids is 1. The van der Waals surface area contributed by atoms with Gasteiger partial charge in [0.25, 0.3) is 0 Å². The molecule has 0 saturated carbocycles. The van der Waals surface area contributed by atoms with Gasteiger partial charge in [0.05, 0.1) is 5.02 Å². The standard InChI is InChI=1S/C12H11ClN2OS/c1-8(16)10-4-3-9(7-11(10)13)17-12-14-5-6-15(12)2/h3-7H,1-2H3. The summed E-state index contributed by atoms with van der Waals surface area (Å²) in [6.07, 6.45) is 3.63. The average Bonchev–Trinajstić information content (AvgIpc) is 2.64. The van der Waals surface area contributed by atoms with Crippen LogP contribution in [-0.4, -0.2) is 15.3 Å². The molecular weight excluding hydrogens is 256 g/mol. The minimum Gasteiger partial charge on any atom is -0.329 e. The van der Waals surface area contributed by atoms with E-state index in [-0.39, 0.29) is 5.78 Å². The number of aromatic nitrogens is 2. The van der Waals surface area contributed by atoms with Gasteiger partial charge >= 0.3 is 0 Å². The van der Waals surface area contributed by atoms with Crippen LogP contribution < -0.4 is 0 Å². The van der Waals surface area contributed by atoms with Crippen molar-refractivity contribution in [1.82, 2.24) is 9.55 Å². The second-order valence-corrected chi connectivity index (χ2v) is 5.07. The molecule has 0 unspecified atom stereocenters. The fraction of sp³-hybridized carbons (Fsp3) is 0.167. The van der Waals surface area contributed by atoms with Gasteiger partial charge in [-0.15, -0.1) is 0 Å².